The van der Waals surface area contributed by atoms with E-state index in [0.717, 1.165) is 0 Å². The molecule has 0 aromatic heterocycles. The lowest BCUT2D eigenvalue weighted by Crippen LogP contribution is -2.20. The van der Waals surface area contributed by atoms with Gasteiger partial charge < -0.3 is 5.73 Å². The van der Waals surface area contributed by atoms with Crippen LogP contribution in [0.5, 0.6) is 0 Å². The molecular formula is C16H25N. The summed E-state index contributed by atoms with van der Waals surface area (Å²) in [6.45, 7) is 4.49. The van der Waals surface area contributed by atoms with Gasteiger partial charge in [-0.3, -0.25) is 0 Å². The molecular weight excluding hydrogens is 206 g/mol. The van der Waals surface area contributed by atoms with Crippen molar-refractivity contribution in [3.8, 4) is 0 Å². The Labute approximate surface area is 105 Å². The van der Waals surface area contributed by atoms with Crippen LogP contribution in [0.25, 0.3) is 0 Å². The van der Waals surface area contributed by atoms with Crippen molar-refractivity contribution in [1.82, 2.24) is 0 Å². The Bertz CT molecular complexity index is 339. The summed E-state index contributed by atoms with van der Waals surface area (Å²) in [5.41, 5.74) is 9.07. The lowest BCUT2D eigenvalue weighted by Gasteiger charge is -2.18. The van der Waals surface area contributed by atoms with Crippen molar-refractivity contribution in [2.75, 3.05) is 0 Å². The van der Waals surface area contributed by atoms with Gasteiger partial charge in [-0.05, 0) is 42.2 Å². The van der Waals surface area contributed by atoms with Gasteiger partial charge in [-0.15, -0.1) is 0 Å². The van der Waals surface area contributed by atoms with E-state index in [9.17, 15) is 0 Å². The smallest absolute Gasteiger partial charge is 0.00446 e. The second kappa shape index (κ2) is 5.68. The molecule has 2 rings (SSSR count). The third-order valence-electron chi connectivity index (χ3n) is 4.04. The highest BCUT2D eigenvalue weighted by Crippen LogP contribution is 2.31. The number of hydrogen-bond donors (Lipinski definition) is 1. The average molecular weight is 231 g/mol. The molecule has 1 aliphatic carbocycles. The third-order valence-corrected chi connectivity index (χ3v) is 4.04. The lowest BCUT2D eigenvalue weighted by molar-refractivity contribution is 0.535. The molecule has 0 aliphatic heterocycles. The molecule has 0 spiro atoms. The van der Waals surface area contributed by atoms with Crippen LogP contribution < -0.4 is 5.73 Å². The Kier molecular flexibility index (Phi) is 4.22. The molecule has 0 amide bonds. The zero-order chi connectivity index (χ0) is 12.3. The molecule has 0 bridgehead atoms. The highest BCUT2D eigenvalue weighted by atomic mass is 14.6. The first-order valence-corrected chi connectivity index (χ1v) is 7.02. The van der Waals surface area contributed by atoms with Crippen LogP contribution in [0, 0.1) is 0 Å². The molecule has 2 atom stereocenters. The summed E-state index contributed by atoms with van der Waals surface area (Å²) in [4.78, 5) is 0. The van der Waals surface area contributed by atoms with Gasteiger partial charge >= 0.3 is 0 Å². The Hall–Kier alpha value is -0.820. The van der Waals surface area contributed by atoms with Gasteiger partial charge in [-0.2, -0.15) is 0 Å². The third kappa shape index (κ3) is 3.32. The molecule has 0 radical (unpaired) electrons. The summed E-state index contributed by atoms with van der Waals surface area (Å²) in [5, 5.41) is 0. The van der Waals surface area contributed by atoms with Crippen LogP contribution in [0.15, 0.2) is 24.3 Å². The summed E-state index contributed by atoms with van der Waals surface area (Å²) in [7, 11) is 0. The van der Waals surface area contributed by atoms with E-state index in [0.29, 0.717) is 17.9 Å². The van der Waals surface area contributed by atoms with E-state index in [4.69, 9.17) is 5.73 Å². The maximum absolute atomic E-state index is 6.14. The minimum Gasteiger partial charge on any atom is -0.328 e. The number of nitrogens with two attached hydrogens (primary N) is 1. The molecule has 1 aromatic carbocycles. The highest BCUT2D eigenvalue weighted by molar-refractivity contribution is 5.27. The van der Waals surface area contributed by atoms with E-state index in [2.05, 4.69) is 38.1 Å². The van der Waals surface area contributed by atoms with Crippen molar-refractivity contribution in [2.24, 2.45) is 5.73 Å². The van der Waals surface area contributed by atoms with Crippen molar-refractivity contribution in [3.63, 3.8) is 0 Å². The zero-order valence-electron chi connectivity index (χ0n) is 11.2. The van der Waals surface area contributed by atoms with E-state index in [1.165, 1.54) is 43.2 Å². The van der Waals surface area contributed by atoms with Crippen molar-refractivity contribution in [1.29, 1.82) is 0 Å². The molecule has 1 heteroatoms. The first-order valence-electron chi connectivity index (χ1n) is 7.02. The summed E-state index contributed by atoms with van der Waals surface area (Å²) < 4.78 is 0. The van der Waals surface area contributed by atoms with Crippen LogP contribution in [0.2, 0.25) is 0 Å². The van der Waals surface area contributed by atoms with Crippen molar-refractivity contribution >= 4 is 0 Å². The molecule has 1 saturated carbocycles. The summed E-state index contributed by atoms with van der Waals surface area (Å²) in [5.74, 6) is 1.31. The average Bonchev–Trinajstić information content (AvgIpc) is 2.54. The van der Waals surface area contributed by atoms with Crippen molar-refractivity contribution in [2.45, 2.75) is 63.8 Å². The Morgan fingerprint density at radius 2 is 1.71 bits per heavy atom. The SMILES string of the molecule is CC(C)c1ccc(C2CCCCC(N)C2)cc1. The van der Waals surface area contributed by atoms with Gasteiger partial charge in [-0.1, -0.05) is 51.0 Å². The van der Waals surface area contributed by atoms with Gasteiger partial charge in [0.05, 0.1) is 0 Å². The zero-order valence-corrected chi connectivity index (χ0v) is 11.2. The Morgan fingerprint density at radius 3 is 2.35 bits per heavy atom. The quantitative estimate of drug-likeness (QED) is 0.759. The predicted octanol–water partition coefficient (Wildman–Crippen LogP) is 4.19. The number of rotatable bonds is 2. The molecule has 1 aliphatic rings. The fraction of sp³-hybridized carbons (Fsp3) is 0.625. The van der Waals surface area contributed by atoms with Gasteiger partial charge in [-0.25, -0.2) is 0 Å². The predicted molar refractivity (Wildman–Crippen MR) is 74.3 cm³/mol. The van der Waals surface area contributed by atoms with E-state index in [1.807, 2.05) is 0 Å². The minimum atomic E-state index is 0.410. The number of hydrogen-bond acceptors (Lipinski definition) is 1. The molecule has 2 unspecified atom stereocenters. The first-order chi connectivity index (χ1) is 8.16. The topological polar surface area (TPSA) is 26.0 Å². The molecule has 1 fully saturated rings. The number of benzene rings is 1. The maximum atomic E-state index is 6.14. The van der Waals surface area contributed by atoms with E-state index >= 15 is 0 Å². The maximum Gasteiger partial charge on any atom is 0.00446 e. The van der Waals surface area contributed by atoms with Gasteiger partial charge in [0.15, 0.2) is 0 Å². The van der Waals surface area contributed by atoms with Gasteiger partial charge in [0.2, 0.25) is 0 Å². The van der Waals surface area contributed by atoms with Crippen LogP contribution in [0.1, 0.15) is 68.9 Å². The summed E-state index contributed by atoms with van der Waals surface area (Å²) in [6.07, 6.45) is 6.34. The molecule has 1 aromatic rings. The van der Waals surface area contributed by atoms with Crippen molar-refractivity contribution < 1.29 is 0 Å². The molecule has 2 N–H and O–H groups in total. The van der Waals surface area contributed by atoms with Gasteiger partial charge in [0.25, 0.3) is 0 Å². The van der Waals surface area contributed by atoms with Crippen LogP contribution >= 0.6 is 0 Å². The van der Waals surface area contributed by atoms with Crippen LogP contribution in [-0.2, 0) is 0 Å². The first kappa shape index (κ1) is 12.6. The Morgan fingerprint density at radius 1 is 1.06 bits per heavy atom. The monoisotopic (exact) mass is 231 g/mol. The largest absolute Gasteiger partial charge is 0.328 e. The lowest BCUT2D eigenvalue weighted by atomic mass is 9.89. The second-order valence-electron chi connectivity index (χ2n) is 5.80. The van der Waals surface area contributed by atoms with Gasteiger partial charge in [0.1, 0.15) is 0 Å². The van der Waals surface area contributed by atoms with E-state index < -0.39 is 0 Å². The fourth-order valence-electron chi connectivity index (χ4n) is 2.85. The summed E-state index contributed by atoms with van der Waals surface area (Å²) in [6, 6.07) is 9.62. The van der Waals surface area contributed by atoms with E-state index in [-0.39, 0.29) is 0 Å². The second-order valence-corrected chi connectivity index (χ2v) is 5.80. The normalized spacial score (nSPS) is 25.9. The van der Waals surface area contributed by atoms with Crippen LogP contribution in [-0.4, -0.2) is 6.04 Å². The molecule has 0 saturated heterocycles. The summed E-state index contributed by atoms with van der Waals surface area (Å²) >= 11 is 0. The van der Waals surface area contributed by atoms with E-state index in [1.54, 1.807) is 0 Å². The molecule has 94 valence electrons. The van der Waals surface area contributed by atoms with Crippen molar-refractivity contribution in [3.05, 3.63) is 35.4 Å². The standard InChI is InChI=1S/C16H25N/c1-12(2)13-7-9-14(10-8-13)15-5-3-4-6-16(17)11-15/h7-10,12,15-16H,3-6,11,17H2,1-2H3. The van der Waals surface area contributed by atoms with Gasteiger partial charge in [0, 0.05) is 6.04 Å². The highest BCUT2D eigenvalue weighted by Gasteiger charge is 2.18. The van der Waals surface area contributed by atoms with Crippen LogP contribution in [0.3, 0.4) is 0 Å². The molecule has 17 heavy (non-hydrogen) atoms. The molecule has 0 heterocycles. The fourth-order valence-corrected chi connectivity index (χ4v) is 2.85. The van der Waals surface area contributed by atoms with Crippen LogP contribution in [0.4, 0.5) is 0 Å². The minimum absolute atomic E-state index is 0.410. The molecule has 1 nitrogen and oxygen atoms in total. The Balaban J connectivity index is 2.10.